The Hall–Kier alpha value is -1.88. The summed E-state index contributed by atoms with van der Waals surface area (Å²) in [5, 5.41) is 11.8. The Labute approximate surface area is 107 Å². The molecule has 0 radical (unpaired) electrons. The molecule has 0 spiro atoms. The summed E-state index contributed by atoms with van der Waals surface area (Å²) in [6.45, 7) is 7.61. The van der Waals surface area contributed by atoms with Gasteiger partial charge in [-0.1, -0.05) is 26.0 Å². The van der Waals surface area contributed by atoms with Crippen molar-refractivity contribution in [1.82, 2.24) is 5.32 Å². The van der Waals surface area contributed by atoms with E-state index in [4.69, 9.17) is 5.11 Å². The predicted octanol–water partition coefficient (Wildman–Crippen LogP) is 1.93. The van der Waals surface area contributed by atoms with E-state index in [-0.39, 0.29) is 11.3 Å². The molecule has 5 nitrogen and oxygen atoms in total. The van der Waals surface area contributed by atoms with E-state index in [1.807, 2.05) is 0 Å². The number of esters is 1. The summed E-state index contributed by atoms with van der Waals surface area (Å²) in [7, 11) is 0. The Kier molecular flexibility index (Phi) is 8.22. The molecule has 0 saturated heterocycles. The Morgan fingerprint density at radius 1 is 1.22 bits per heavy atom. The van der Waals surface area contributed by atoms with E-state index in [1.165, 1.54) is 19.1 Å². The van der Waals surface area contributed by atoms with Crippen LogP contribution >= 0.6 is 0 Å². The zero-order valence-corrected chi connectivity index (χ0v) is 10.9. The van der Waals surface area contributed by atoms with Crippen molar-refractivity contribution in [3.63, 3.8) is 0 Å². The zero-order chi connectivity index (χ0) is 14.0. The van der Waals surface area contributed by atoms with Crippen molar-refractivity contribution in [2.75, 3.05) is 13.1 Å². The lowest BCUT2D eigenvalue weighted by molar-refractivity contribution is -0.131. The number of aromatic carboxylic acids is 1. The number of hydrogen-bond acceptors (Lipinski definition) is 4. The fraction of sp³-hybridized carbons (Fsp3) is 0.385. The van der Waals surface area contributed by atoms with Crippen LogP contribution in [0.1, 0.15) is 31.1 Å². The van der Waals surface area contributed by atoms with Crippen LogP contribution in [0.2, 0.25) is 0 Å². The number of benzene rings is 1. The minimum atomic E-state index is -1.11. The quantitative estimate of drug-likeness (QED) is 0.633. The Bertz CT molecular complexity index is 388. The molecule has 0 aliphatic rings. The summed E-state index contributed by atoms with van der Waals surface area (Å²) in [5.41, 5.74) is -0.0160. The van der Waals surface area contributed by atoms with Crippen LogP contribution in [0.25, 0.3) is 0 Å². The van der Waals surface area contributed by atoms with Gasteiger partial charge in [-0.15, -0.1) is 0 Å². The third-order valence-corrected chi connectivity index (χ3v) is 1.87. The van der Waals surface area contributed by atoms with Gasteiger partial charge in [0.25, 0.3) is 0 Å². The van der Waals surface area contributed by atoms with E-state index in [0.29, 0.717) is 0 Å². The zero-order valence-electron chi connectivity index (χ0n) is 10.9. The van der Waals surface area contributed by atoms with E-state index >= 15 is 0 Å². The fourth-order valence-electron chi connectivity index (χ4n) is 1.14. The molecule has 0 heterocycles. The van der Waals surface area contributed by atoms with Crippen molar-refractivity contribution in [2.24, 2.45) is 0 Å². The molecule has 1 aromatic carbocycles. The molecule has 5 heteroatoms. The van der Waals surface area contributed by atoms with Crippen molar-refractivity contribution < 1.29 is 19.4 Å². The van der Waals surface area contributed by atoms with Crippen LogP contribution in [0.3, 0.4) is 0 Å². The van der Waals surface area contributed by atoms with Gasteiger partial charge in [-0.3, -0.25) is 4.79 Å². The van der Waals surface area contributed by atoms with Gasteiger partial charge in [0, 0.05) is 6.92 Å². The van der Waals surface area contributed by atoms with Gasteiger partial charge >= 0.3 is 11.9 Å². The molecule has 0 aliphatic heterocycles. The third-order valence-electron chi connectivity index (χ3n) is 1.87. The van der Waals surface area contributed by atoms with Crippen LogP contribution in [-0.2, 0) is 4.79 Å². The largest absolute Gasteiger partial charge is 0.478 e. The highest BCUT2D eigenvalue weighted by atomic mass is 16.5. The molecule has 1 rings (SSSR count). The SMILES string of the molecule is CC(=O)Oc1ccccc1C(=O)O.CCNCC. The van der Waals surface area contributed by atoms with Gasteiger partial charge in [0.15, 0.2) is 0 Å². The molecule has 0 aromatic heterocycles. The smallest absolute Gasteiger partial charge is 0.339 e. The number of ether oxygens (including phenoxy) is 1. The maximum Gasteiger partial charge on any atom is 0.339 e. The van der Waals surface area contributed by atoms with E-state index in [2.05, 4.69) is 23.9 Å². The molecule has 0 bridgehead atoms. The molecule has 0 aliphatic carbocycles. The lowest BCUT2D eigenvalue weighted by Crippen LogP contribution is -2.09. The first-order chi connectivity index (χ1) is 8.52. The summed E-state index contributed by atoms with van der Waals surface area (Å²) in [6.07, 6.45) is 0. The van der Waals surface area contributed by atoms with Crippen molar-refractivity contribution in [2.45, 2.75) is 20.8 Å². The molecule has 0 fully saturated rings. The normalized spacial score (nSPS) is 9.06. The molecular formula is C13H19NO4. The van der Waals surface area contributed by atoms with E-state index < -0.39 is 11.9 Å². The van der Waals surface area contributed by atoms with E-state index in [1.54, 1.807) is 12.1 Å². The molecule has 18 heavy (non-hydrogen) atoms. The van der Waals surface area contributed by atoms with Crippen LogP contribution < -0.4 is 10.1 Å². The van der Waals surface area contributed by atoms with Crippen molar-refractivity contribution in [1.29, 1.82) is 0 Å². The van der Waals surface area contributed by atoms with Crippen LogP contribution in [-0.4, -0.2) is 30.1 Å². The summed E-state index contributed by atoms with van der Waals surface area (Å²) in [6, 6.07) is 5.98. The number of hydrogen-bond donors (Lipinski definition) is 2. The Morgan fingerprint density at radius 2 is 1.78 bits per heavy atom. The van der Waals surface area contributed by atoms with Crippen LogP contribution in [0, 0.1) is 0 Å². The van der Waals surface area contributed by atoms with Crippen molar-refractivity contribution in [3.8, 4) is 5.75 Å². The van der Waals surface area contributed by atoms with Gasteiger partial charge in [0.05, 0.1) is 0 Å². The Balaban J connectivity index is 0.000000494. The van der Waals surface area contributed by atoms with Crippen LogP contribution in [0.5, 0.6) is 5.75 Å². The first kappa shape index (κ1) is 16.1. The maximum absolute atomic E-state index is 10.6. The van der Waals surface area contributed by atoms with Crippen LogP contribution in [0.4, 0.5) is 0 Å². The first-order valence-electron chi connectivity index (χ1n) is 5.74. The van der Waals surface area contributed by atoms with Gasteiger partial charge in [-0.05, 0) is 25.2 Å². The number of para-hydroxylation sites is 1. The van der Waals surface area contributed by atoms with Crippen molar-refractivity contribution >= 4 is 11.9 Å². The minimum Gasteiger partial charge on any atom is -0.478 e. The summed E-state index contributed by atoms with van der Waals surface area (Å²) in [4.78, 5) is 21.2. The molecule has 100 valence electrons. The number of carbonyl (C=O) groups is 2. The second kappa shape index (κ2) is 9.18. The van der Waals surface area contributed by atoms with Gasteiger partial charge < -0.3 is 15.2 Å². The maximum atomic E-state index is 10.6. The van der Waals surface area contributed by atoms with Gasteiger partial charge in [-0.2, -0.15) is 0 Å². The highest BCUT2D eigenvalue weighted by Crippen LogP contribution is 2.17. The first-order valence-corrected chi connectivity index (χ1v) is 5.74. The molecule has 0 saturated carbocycles. The molecule has 0 unspecified atom stereocenters. The fourth-order valence-corrected chi connectivity index (χ4v) is 1.14. The summed E-state index contributed by atoms with van der Waals surface area (Å²) < 4.78 is 4.69. The van der Waals surface area contributed by atoms with Gasteiger partial charge in [-0.25, -0.2) is 4.79 Å². The average Bonchev–Trinajstić information content (AvgIpc) is 2.30. The predicted molar refractivity (Wildman–Crippen MR) is 68.9 cm³/mol. The second-order valence-corrected chi connectivity index (χ2v) is 3.35. The standard InChI is InChI=1S/C9H8O4.C4H11N/c1-6(10)13-8-5-3-2-4-7(8)9(11)12;1-3-5-4-2/h2-5H,1H3,(H,11,12);5H,3-4H2,1-2H3. The molecule has 2 N–H and O–H groups in total. The summed E-state index contributed by atoms with van der Waals surface area (Å²) in [5.74, 6) is -1.58. The van der Waals surface area contributed by atoms with Gasteiger partial charge in [0.2, 0.25) is 0 Å². The average molecular weight is 253 g/mol. The number of carbonyl (C=O) groups excluding carboxylic acids is 1. The lowest BCUT2D eigenvalue weighted by atomic mass is 10.2. The lowest BCUT2D eigenvalue weighted by Gasteiger charge is -2.03. The highest BCUT2D eigenvalue weighted by Gasteiger charge is 2.10. The summed E-state index contributed by atoms with van der Waals surface area (Å²) >= 11 is 0. The monoisotopic (exact) mass is 253 g/mol. The number of nitrogens with one attached hydrogen (secondary N) is 1. The second-order valence-electron chi connectivity index (χ2n) is 3.35. The van der Waals surface area contributed by atoms with Crippen LogP contribution in [0.15, 0.2) is 24.3 Å². The molecule has 0 atom stereocenters. The highest BCUT2D eigenvalue weighted by molar-refractivity contribution is 5.91. The number of rotatable bonds is 4. The molecule has 0 amide bonds. The third kappa shape index (κ3) is 6.65. The Morgan fingerprint density at radius 3 is 2.17 bits per heavy atom. The van der Waals surface area contributed by atoms with E-state index in [0.717, 1.165) is 13.1 Å². The topological polar surface area (TPSA) is 75.6 Å². The number of carboxylic acid groups (broad SMARTS) is 1. The van der Waals surface area contributed by atoms with Gasteiger partial charge in [0.1, 0.15) is 11.3 Å². The molecule has 1 aromatic rings. The van der Waals surface area contributed by atoms with Crippen molar-refractivity contribution in [3.05, 3.63) is 29.8 Å². The van der Waals surface area contributed by atoms with E-state index in [9.17, 15) is 9.59 Å². The number of carboxylic acids is 1. The minimum absolute atomic E-state index is 0.0160. The molecular weight excluding hydrogens is 234 g/mol.